The average Bonchev–Trinajstić information content (AvgIpc) is 3.49. The Hall–Kier alpha value is -3.26. The van der Waals surface area contributed by atoms with E-state index >= 15 is 0 Å². The van der Waals surface area contributed by atoms with E-state index in [1.807, 2.05) is 23.6 Å². The predicted octanol–water partition coefficient (Wildman–Crippen LogP) is 4.69. The Balaban J connectivity index is 1.40. The van der Waals surface area contributed by atoms with Crippen LogP contribution in [0.3, 0.4) is 0 Å². The van der Waals surface area contributed by atoms with Crippen LogP contribution in [0.1, 0.15) is 22.9 Å². The third-order valence-electron chi connectivity index (χ3n) is 4.33. The maximum atomic E-state index is 13.1. The Kier molecular flexibility index (Phi) is 5.81. The number of carbonyl (C=O) groups excluding carboxylic acids is 1. The number of amides is 1. The summed E-state index contributed by atoms with van der Waals surface area (Å²) in [6, 6.07) is 13.5. The Morgan fingerprint density at radius 2 is 1.97 bits per heavy atom. The molecule has 0 unspecified atom stereocenters. The standard InChI is InChI=1S/C21H18FN3O3S/c22-16-7-5-15(6-8-16)21-23-19(28-24-21)9-10-20(26)25(13-17-3-1-11-27-17)14-18-4-2-12-29-18/h1-8,11-12H,9-10,13-14H2. The number of carbonyl (C=O) groups is 1. The van der Waals surface area contributed by atoms with Gasteiger partial charge in [-0.05, 0) is 47.8 Å². The highest BCUT2D eigenvalue weighted by Gasteiger charge is 2.18. The Labute approximate surface area is 170 Å². The molecule has 0 aliphatic rings. The molecule has 3 aromatic heterocycles. The third-order valence-corrected chi connectivity index (χ3v) is 5.19. The summed E-state index contributed by atoms with van der Waals surface area (Å²) in [6.07, 6.45) is 2.15. The topological polar surface area (TPSA) is 72.4 Å². The summed E-state index contributed by atoms with van der Waals surface area (Å²) in [4.78, 5) is 20.0. The highest BCUT2D eigenvalue weighted by atomic mass is 32.1. The van der Waals surface area contributed by atoms with Gasteiger partial charge in [0.1, 0.15) is 11.6 Å². The fraction of sp³-hybridized carbons (Fsp3) is 0.190. The van der Waals surface area contributed by atoms with E-state index in [0.29, 0.717) is 36.8 Å². The third kappa shape index (κ3) is 4.97. The first kappa shape index (κ1) is 19.1. The maximum absolute atomic E-state index is 13.1. The minimum Gasteiger partial charge on any atom is -0.467 e. The van der Waals surface area contributed by atoms with Gasteiger partial charge in [0.15, 0.2) is 0 Å². The molecule has 0 saturated heterocycles. The molecule has 0 saturated carbocycles. The van der Waals surface area contributed by atoms with Crippen molar-refractivity contribution in [2.75, 3.05) is 0 Å². The number of furan rings is 1. The molecule has 29 heavy (non-hydrogen) atoms. The molecule has 4 rings (SSSR count). The van der Waals surface area contributed by atoms with Gasteiger partial charge in [0.2, 0.25) is 17.6 Å². The van der Waals surface area contributed by atoms with Crippen molar-refractivity contribution in [1.29, 1.82) is 0 Å². The summed E-state index contributed by atoms with van der Waals surface area (Å²) < 4.78 is 23.7. The zero-order valence-corrected chi connectivity index (χ0v) is 16.3. The number of halogens is 1. The van der Waals surface area contributed by atoms with Crippen molar-refractivity contribution in [2.24, 2.45) is 0 Å². The number of aryl methyl sites for hydroxylation is 1. The van der Waals surface area contributed by atoms with Crippen molar-refractivity contribution >= 4 is 17.2 Å². The van der Waals surface area contributed by atoms with E-state index in [4.69, 9.17) is 8.94 Å². The zero-order chi connectivity index (χ0) is 20.1. The van der Waals surface area contributed by atoms with Crippen LogP contribution >= 0.6 is 11.3 Å². The molecule has 3 heterocycles. The normalized spacial score (nSPS) is 10.9. The average molecular weight is 411 g/mol. The summed E-state index contributed by atoms with van der Waals surface area (Å²) in [5, 5.41) is 5.90. The molecule has 148 valence electrons. The SMILES string of the molecule is O=C(CCc1nc(-c2ccc(F)cc2)no1)N(Cc1ccco1)Cc1cccs1. The van der Waals surface area contributed by atoms with Crippen molar-refractivity contribution in [1.82, 2.24) is 15.0 Å². The number of thiophene rings is 1. The molecule has 4 aromatic rings. The molecular weight excluding hydrogens is 393 g/mol. The number of hydrogen-bond acceptors (Lipinski definition) is 6. The van der Waals surface area contributed by atoms with Crippen LogP contribution in [0.5, 0.6) is 0 Å². The lowest BCUT2D eigenvalue weighted by Crippen LogP contribution is -2.29. The fourth-order valence-corrected chi connectivity index (χ4v) is 3.58. The molecule has 8 heteroatoms. The first-order chi connectivity index (χ1) is 14.2. The molecular formula is C21H18FN3O3S. The lowest BCUT2D eigenvalue weighted by molar-refractivity contribution is -0.132. The van der Waals surface area contributed by atoms with Crippen LogP contribution in [0.4, 0.5) is 4.39 Å². The highest BCUT2D eigenvalue weighted by Crippen LogP contribution is 2.19. The quantitative estimate of drug-likeness (QED) is 0.421. The van der Waals surface area contributed by atoms with E-state index in [1.54, 1.807) is 40.7 Å². The van der Waals surface area contributed by atoms with Crippen molar-refractivity contribution < 1.29 is 18.1 Å². The van der Waals surface area contributed by atoms with Crippen LogP contribution in [-0.2, 0) is 24.3 Å². The van der Waals surface area contributed by atoms with Gasteiger partial charge in [0, 0.05) is 23.3 Å². The molecule has 0 fully saturated rings. The van der Waals surface area contributed by atoms with Crippen LogP contribution < -0.4 is 0 Å². The van der Waals surface area contributed by atoms with E-state index < -0.39 is 0 Å². The smallest absolute Gasteiger partial charge is 0.227 e. The summed E-state index contributed by atoms with van der Waals surface area (Å²) in [6.45, 7) is 0.913. The maximum Gasteiger partial charge on any atom is 0.227 e. The number of rotatable bonds is 8. The summed E-state index contributed by atoms with van der Waals surface area (Å²) >= 11 is 1.61. The Morgan fingerprint density at radius 3 is 2.69 bits per heavy atom. The van der Waals surface area contributed by atoms with Crippen LogP contribution in [0.15, 0.2) is 69.1 Å². The second kappa shape index (κ2) is 8.83. The van der Waals surface area contributed by atoms with E-state index in [0.717, 1.165) is 10.6 Å². The van der Waals surface area contributed by atoms with E-state index in [2.05, 4.69) is 10.1 Å². The largest absolute Gasteiger partial charge is 0.467 e. The number of aromatic nitrogens is 2. The van der Waals surface area contributed by atoms with Gasteiger partial charge in [-0.2, -0.15) is 4.98 Å². The van der Waals surface area contributed by atoms with E-state index in [-0.39, 0.29) is 18.1 Å². The van der Waals surface area contributed by atoms with Gasteiger partial charge in [-0.1, -0.05) is 11.2 Å². The van der Waals surface area contributed by atoms with Gasteiger partial charge in [0.05, 0.1) is 19.4 Å². The van der Waals surface area contributed by atoms with Gasteiger partial charge in [-0.3, -0.25) is 4.79 Å². The van der Waals surface area contributed by atoms with Crippen LogP contribution in [-0.4, -0.2) is 20.9 Å². The molecule has 6 nitrogen and oxygen atoms in total. The predicted molar refractivity (Wildman–Crippen MR) is 105 cm³/mol. The molecule has 0 aliphatic carbocycles. The van der Waals surface area contributed by atoms with Gasteiger partial charge in [-0.25, -0.2) is 4.39 Å². The van der Waals surface area contributed by atoms with Crippen molar-refractivity contribution in [3.8, 4) is 11.4 Å². The van der Waals surface area contributed by atoms with Crippen molar-refractivity contribution in [2.45, 2.75) is 25.9 Å². The number of benzene rings is 1. The molecule has 0 bridgehead atoms. The van der Waals surface area contributed by atoms with Crippen molar-refractivity contribution in [3.63, 3.8) is 0 Å². The monoisotopic (exact) mass is 411 g/mol. The molecule has 1 aromatic carbocycles. The van der Waals surface area contributed by atoms with Gasteiger partial charge in [-0.15, -0.1) is 11.3 Å². The minimum atomic E-state index is -0.328. The second-order valence-electron chi connectivity index (χ2n) is 6.43. The summed E-state index contributed by atoms with van der Waals surface area (Å²) in [5.41, 5.74) is 0.657. The molecule has 0 radical (unpaired) electrons. The lowest BCUT2D eigenvalue weighted by Gasteiger charge is -2.20. The lowest BCUT2D eigenvalue weighted by atomic mass is 10.2. The van der Waals surface area contributed by atoms with Gasteiger partial charge in [0.25, 0.3) is 0 Å². The van der Waals surface area contributed by atoms with E-state index in [9.17, 15) is 9.18 Å². The summed E-state index contributed by atoms with van der Waals surface area (Å²) in [7, 11) is 0. The first-order valence-electron chi connectivity index (χ1n) is 9.08. The van der Waals surface area contributed by atoms with Crippen LogP contribution in [0, 0.1) is 5.82 Å². The number of hydrogen-bond donors (Lipinski definition) is 0. The van der Waals surface area contributed by atoms with E-state index in [1.165, 1.54) is 12.1 Å². The Bertz CT molecular complexity index is 1010. The second-order valence-corrected chi connectivity index (χ2v) is 7.46. The van der Waals surface area contributed by atoms with Gasteiger partial charge < -0.3 is 13.8 Å². The highest BCUT2D eigenvalue weighted by molar-refractivity contribution is 7.09. The number of nitrogens with zero attached hydrogens (tertiary/aromatic N) is 3. The van der Waals surface area contributed by atoms with Crippen molar-refractivity contribution in [3.05, 3.63) is 82.5 Å². The fourth-order valence-electron chi connectivity index (χ4n) is 2.86. The first-order valence-corrected chi connectivity index (χ1v) is 9.96. The van der Waals surface area contributed by atoms with Gasteiger partial charge >= 0.3 is 0 Å². The zero-order valence-electron chi connectivity index (χ0n) is 15.5. The summed E-state index contributed by atoms with van der Waals surface area (Å²) in [5.74, 6) is 1.11. The molecule has 1 amide bonds. The minimum absolute atomic E-state index is 0.0312. The molecule has 0 atom stereocenters. The molecule has 0 N–H and O–H groups in total. The molecule has 0 spiro atoms. The van der Waals surface area contributed by atoms with Crippen LogP contribution in [0.2, 0.25) is 0 Å². The Morgan fingerprint density at radius 1 is 1.10 bits per heavy atom. The van der Waals surface area contributed by atoms with Crippen LogP contribution in [0.25, 0.3) is 11.4 Å². The molecule has 0 aliphatic heterocycles.